The largest absolute Gasteiger partial charge is 0.448 e. The smallest absolute Gasteiger partial charge is 0.303 e. The second kappa shape index (κ2) is 11.9. The van der Waals surface area contributed by atoms with Crippen molar-refractivity contribution in [2.45, 2.75) is 59.2 Å². The van der Waals surface area contributed by atoms with Gasteiger partial charge in [-0.2, -0.15) is 0 Å². The fourth-order valence-electron chi connectivity index (χ4n) is 4.96. The number of amides is 2. The molecule has 0 spiro atoms. The fraction of sp³-hybridized carbons (Fsp3) is 0.300. The highest BCUT2D eigenvalue weighted by molar-refractivity contribution is 7.10. The first-order valence-corrected chi connectivity index (χ1v) is 14.0. The molecule has 1 aliphatic heterocycles. The van der Waals surface area contributed by atoms with Gasteiger partial charge in [0.1, 0.15) is 5.82 Å². The lowest BCUT2D eigenvalue weighted by Crippen LogP contribution is -2.53. The number of aromatic nitrogens is 2. The summed E-state index contributed by atoms with van der Waals surface area (Å²) in [6, 6.07) is 17.5. The number of hydrogen-bond acceptors (Lipinski definition) is 8. The number of ether oxygens (including phenoxy) is 2. The van der Waals surface area contributed by atoms with Crippen LogP contribution in [0.1, 0.15) is 41.2 Å². The van der Waals surface area contributed by atoms with Crippen molar-refractivity contribution in [2.75, 3.05) is 0 Å². The van der Waals surface area contributed by atoms with Crippen LogP contribution in [-0.2, 0) is 54.8 Å². The lowest BCUT2D eigenvalue weighted by Gasteiger charge is -2.28. The van der Waals surface area contributed by atoms with Gasteiger partial charge < -0.3 is 24.3 Å². The average Bonchev–Trinajstić information content (AvgIpc) is 3.66. The van der Waals surface area contributed by atoms with Gasteiger partial charge >= 0.3 is 11.9 Å². The summed E-state index contributed by atoms with van der Waals surface area (Å²) in [5, 5.41) is 4.67. The summed E-state index contributed by atoms with van der Waals surface area (Å²) >= 11 is 1.55. The molecule has 0 fully saturated rings. The summed E-state index contributed by atoms with van der Waals surface area (Å²) in [6.07, 6.45) is -3.27. The van der Waals surface area contributed by atoms with E-state index in [1.165, 1.54) is 4.90 Å². The minimum Gasteiger partial charge on any atom is -0.448 e. The van der Waals surface area contributed by atoms with Gasteiger partial charge in [0, 0.05) is 38.4 Å². The molecule has 1 N–H and O–H groups in total. The third-order valence-electron chi connectivity index (χ3n) is 6.85. The number of esters is 2. The molecule has 0 bridgehead atoms. The van der Waals surface area contributed by atoms with E-state index in [4.69, 9.17) is 9.47 Å². The van der Waals surface area contributed by atoms with E-state index in [9.17, 15) is 19.2 Å². The van der Waals surface area contributed by atoms with Crippen molar-refractivity contribution in [1.29, 1.82) is 0 Å². The number of thiophene rings is 1. The zero-order chi connectivity index (χ0) is 29.1. The second-order valence-corrected chi connectivity index (χ2v) is 10.9. The zero-order valence-electron chi connectivity index (χ0n) is 23.0. The van der Waals surface area contributed by atoms with Crippen LogP contribution in [0.25, 0.3) is 11.0 Å². The number of imidazole rings is 1. The van der Waals surface area contributed by atoms with Gasteiger partial charge in [0.25, 0.3) is 11.8 Å². The SMILES string of the molecule is CC(=O)O[C@@H](C(=O)NCc1csc(Cn2c(C)nc3ccccc32)c1)[C@@H](OC(C)=O)C(=O)N1Cc2ccccc2C1. The molecule has 0 saturated carbocycles. The van der Waals surface area contributed by atoms with E-state index in [1.807, 2.05) is 66.9 Å². The quantitative estimate of drug-likeness (QED) is 0.304. The number of carbonyl (C=O) groups excluding carboxylic acids is 4. The van der Waals surface area contributed by atoms with Crippen molar-refractivity contribution < 1.29 is 28.7 Å². The minimum atomic E-state index is -1.65. The van der Waals surface area contributed by atoms with E-state index < -0.39 is 36.0 Å². The first-order valence-electron chi connectivity index (χ1n) is 13.2. The second-order valence-electron chi connectivity index (χ2n) is 9.90. The Balaban J connectivity index is 1.28. The van der Waals surface area contributed by atoms with Crippen LogP contribution in [0.5, 0.6) is 0 Å². The molecular weight excluding hydrogens is 544 g/mol. The van der Waals surface area contributed by atoms with Crippen molar-refractivity contribution in [3.8, 4) is 0 Å². The van der Waals surface area contributed by atoms with Crippen molar-refractivity contribution in [3.05, 3.63) is 87.4 Å². The molecule has 11 heteroatoms. The fourth-order valence-corrected chi connectivity index (χ4v) is 5.84. The van der Waals surface area contributed by atoms with Gasteiger partial charge in [0.05, 0.1) is 17.6 Å². The maximum atomic E-state index is 13.5. The molecule has 4 aromatic rings. The van der Waals surface area contributed by atoms with Crippen LogP contribution < -0.4 is 5.32 Å². The van der Waals surface area contributed by atoms with E-state index in [0.717, 1.165) is 52.3 Å². The molecule has 2 aromatic heterocycles. The van der Waals surface area contributed by atoms with E-state index in [-0.39, 0.29) is 6.54 Å². The van der Waals surface area contributed by atoms with Gasteiger partial charge in [-0.05, 0) is 47.2 Å². The average molecular weight is 575 g/mol. The van der Waals surface area contributed by atoms with E-state index in [2.05, 4.69) is 14.9 Å². The number of para-hydroxylation sites is 2. The molecule has 2 atom stereocenters. The molecule has 41 heavy (non-hydrogen) atoms. The number of fused-ring (bicyclic) bond motifs is 2. The van der Waals surface area contributed by atoms with Gasteiger partial charge in [-0.15, -0.1) is 11.3 Å². The zero-order valence-corrected chi connectivity index (χ0v) is 23.8. The minimum absolute atomic E-state index is 0.132. The van der Waals surface area contributed by atoms with Crippen LogP contribution in [-0.4, -0.2) is 50.4 Å². The Morgan fingerprint density at radius 1 is 0.951 bits per heavy atom. The Kier molecular flexibility index (Phi) is 8.16. The first-order chi connectivity index (χ1) is 19.7. The molecule has 2 aromatic carbocycles. The summed E-state index contributed by atoms with van der Waals surface area (Å²) in [7, 11) is 0. The lowest BCUT2D eigenvalue weighted by molar-refractivity contribution is -0.178. The Bertz CT molecular complexity index is 1600. The number of benzene rings is 2. The Morgan fingerprint density at radius 2 is 1.59 bits per heavy atom. The highest BCUT2D eigenvalue weighted by Gasteiger charge is 2.42. The van der Waals surface area contributed by atoms with Gasteiger partial charge in [0.15, 0.2) is 0 Å². The van der Waals surface area contributed by atoms with Crippen molar-refractivity contribution in [3.63, 3.8) is 0 Å². The summed E-state index contributed by atoms with van der Waals surface area (Å²) in [5.41, 5.74) is 4.73. The standard InChI is InChI=1S/C30H30N4O6S/c1-18-32-25-10-6-7-11-26(25)34(18)16-24-12-21(17-41-24)13-31-29(37)27(39-19(2)35)28(40-20(3)36)30(38)33-14-22-8-4-5-9-23(22)15-33/h4-12,17,27-28H,13-16H2,1-3H3,(H,31,37)/t27-,28-/m1/s1. The summed E-state index contributed by atoms with van der Waals surface area (Å²) in [4.78, 5) is 57.9. The molecule has 10 nitrogen and oxygen atoms in total. The van der Waals surface area contributed by atoms with Gasteiger partial charge in [-0.25, -0.2) is 4.98 Å². The Hall–Kier alpha value is -4.51. The number of nitrogens with zero attached hydrogens (tertiary/aromatic N) is 3. The molecule has 5 rings (SSSR count). The van der Waals surface area contributed by atoms with Gasteiger partial charge in [-0.1, -0.05) is 36.4 Å². The molecule has 0 unspecified atom stereocenters. The number of nitrogens with one attached hydrogen (secondary N) is 1. The van der Waals surface area contributed by atoms with Gasteiger partial charge in [-0.3, -0.25) is 19.2 Å². The molecule has 212 valence electrons. The summed E-state index contributed by atoms with van der Waals surface area (Å²) in [5.74, 6) is -1.99. The predicted octanol–water partition coefficient (Wildman–Crippen LogP) is 3.48. The third-order valence-corrected chi connectivity index (χ3v) is 7.82. The predicted molar refractivity (Wildman–Crippen MR) is 152 cm³/mol. The number of carbonyl (C=O) groups is 4. The monoisotopic (exact) mass is 574 g/mol. The highest BCUT2D eigenvalue weighted by atomic mass is 32.1. The molecule has 1 aliphatic rings. The molecule has 3 heterocycles. The van der Waals surface area contributed by atoms with E-state index in [1.54, 1.807) is 11.3 Å². The third kappa shape index (κ3) is 6.30. The molecule has 0 saturated heterocycles. The molecule has 0 aliphatic carbocycles. The topological polar surface area (TPSA) is 120 Å². The van der Waals surface area contributed by atoms with Crippen LogP contribution >= 0.6 is 11.3 Å². The lowest BCUT2D eigenvalue weighted by atomic mass is 10.1. The maximum absolute atomic E-state index is 13.5. The van der Waals surface area contributed by atoms with Crippen LogP contribution in [0, 0.1) is 6.92 Å². The highest BCUT2D eigenvalue weighted by Crippen LogP contribution is 2.25. The Morgan fingerprint density at radius 3 is 2.27 bits per heavy atom. The van der Waals surface area contributed by atoms with Crippen LogP contribution in [0.4, 0.5) is 0 Å². The first kappa shape index (κ1) is 28.0. The van der Waals surface area contributed by atoms with E-state index >= 15 is 0 Å². The molecule has 0 radical (unpaired) electrons. The summed E-state index contributed by atoms with van der Waals surface area (Å²) in [6.45, 7) is 5.59. The van der Waals surface area contributed by atoms with E-state index in [0.29, 0.717) is 19.6 Å². The van der Waals surface area contributed by atoms with Crippen LogP contribution in [0.2, 0.25) is 0 Å². The molecular formula is C30H30N4O6S. The van der Waals surface area contributed by atoms with Gasteiger partial charge in [0.2, 0.25) is 12.2 Å². The molecule has 2 amide bonds. The van der Waals surface area contributed by atoms with Crippen molar-refractivity contribution in [2.24, 2.45) is 0 Å². The normalized spacial score (nSPS) is 13.9. The summed E-state index contributed by atoms with van der Waals surface area (Å²) < 4.78 is 12.7. The van der Waals surface area contributed by atoms with Crippen molar-refractivity contribution >= 4 is 46.1 Å². The number of aryl methyl sites for hydroxylation is 1. The number of rotatable bonds is 9. The maximum Gasteiger partial charge on any atom is 0.303 e. The van der Waals surface area contributed by atoms with Crippen molar-refractivity contribution in [1.82, 2.24) is 19.8 Å². The Labute approximate surface area is 240 Å². The van der Waals surface area contributed by atoms with Crippen LogP contribution in [0.3, 0.4) is 0 Å². The number of hydrogen-bond donors (Lipinski definition) is 1. The van der Waals surface area contributed by atoms with Crippen LogP contribution in [0.15, 0.2) is 60.0 Å².